The Morgan fingerprint density at radius 2 is 1.94 bits per heavy atom. The zero-order valence-corrected chi connectivity index (χ0v) is 9.13. The summed E-state index contributed by atoms with van der Waals surface area (Å²) in [5.74, 6) is 0.243. The zero-order chi connectivity index (χ0) is 12.2. The van der Waals surface area contributed by atoms with Gasteiger partial charge < -0.3 is 5.32 Å². The number of nitrogens with zero attached hydrogens (tertiary/aromatic N) is 2. The van der Waals surface area contributed by atoms with E-state index in [0.29, 0.717) is 0 Å². The minimum Gasteiger partial charge on any atom is -0.357 e. The number of rotatable bonds is 5. The molecule has 0 aliphatic carbocycles. The van der Waals surface area contributed by atoms with E-state index in [9.17, 15) is 17.2 Å². The summed E-state index contributed by atoms with van der Waals surface area (Å²) in [5.41, 5.74) is 0. The summed E-state index contributed by atoms with van der Waals surface area (Å²) in [7, 11) is -2.40. The lowest BCUT2D eigenvalue weighted by atomic mass is 10.7. The SMILES string of the molecule is CNc1ncc(S(=O)(=O)NCC(F)F)cn1. The number of hydrogen-bond donors (Lipinski definition) is 2. The Hall–Kier alpha value is -1.35. The first-order valence-corrected chi connectivity index (χ1v) is 5.71. The first kappa shape index (κ1) is 12.7. The lowest BCUT2D eigenvalue weighted by molar-refractivity contribution is 0.153. The third kappa shape index (κ3) is 3.35. The number of anilines is 1. The Morgan fingerprint density at radius 3 is 2.38 bits per heavy atom. The standard InChI is InChI=1S/C7H10F2N4O2S/c1-10-7-11-2-5(3-12-7)16(14,15)13-4-6(8)9/h2-3,6,13H,4H2,1H3,(H,10,11,12). The Kier molecular flexibility index (Phi) is 4.07. The molecule has 16 heavy (non-hydrogen) atoms. The molecule has 0 spiro atoms. The lowest BCUT2D eigenvalue weighted by Crippen LogP contribution is -2.28. The van der Waals surface area contributed by atoms with Crippen molar-refractivity contribution in [2.75, 3.05) is 18.9 Å². The molecule has 1 aromatic rings. The summed E-state index contributed by atoms with van der Waals surface area (Å²) >= 11 is 0. The van der Waals surface area contributed by atoms with Gasteiger partial charge >= 0.3 is 0 Å². The molecule has 0 saturated heterocycles. The van der Waals surface area contributed by atoms with Gasteiger partial charge in [-0.3, -0.25) is 0 Å². The third-order valence-corrected chi connectivity index (χ3v) is 2.97. The van der Waals surface area contributed by atoms with Crippen LogP contribution in [-0.4, -0.2) is 38.4 Å². The summed E-state index contributed by atoms with van der Waals surface area (Å²) in [6, 6.07) is 0. The minimum atomic E-state index is -3.96. The van der Waals surface area contributed by atoms with Gasteiger partial charge in [-0.1, -0.05) is 0 Å². The highest BCUT2D eigenvalue weighted by atomic mass is 32.2. The van der Waals surface area contributed by atoms with Gasteiger partial charge in [-0.25, -0.2) is 31.9 Å². The molecule has 9 heteroatoms. The van der Waals surface area contributed by atoms with E-state index in [0.717, 1.165) is 12.4 Å². The van der Waals surface area contributed by atoms with E-state index in [2.05, 4.69) is 15.3 Å². The quantitative estimate of drug-likeness (QED) is 0.774. The molecule has 0 fully saturated rings. The number of sulfonamides is 1. The number of hydrogen-bond acceptors (Lipinski definition) is 5. The van der Waals surface area contributed by atoms with Crippen LogP contribution in [0.4, 0.5) is 14.7 Å². The summed E-state index contributed by atoms with van der Waals surface area (Å²) < 4.78 is 48.2. The molecule has 0 saturated carbocycles. The predicted molar refractivity (Wildman–Crippen MR) is 52.8 cm³/mol. The van der Waals surface area contributed by atoms with Gasteiger partial charge in [0.1, 0.15) is 4.90 Å². The largest absolute Gasteiger partial charge is 0.357 e. The molecule has 0 bridgehead atoms. The molecule has 0 radical (unpaired) electrons. The summed E-state index contributed by atoms with van der Waals surface area (Å²) in [6.07, 6.45) is -0.675. The van der Waals surface area contributed by atoms with Crippen molar-refractivity contribution in [2.45, 2.75) is 11.3 Å². The molecule has 6 nitrogen and oxygen atoms in total. The molecule has 0 aromatic carbocycles. The summed E-state index contributed by atoms with van der Waals surface area (Å²) in [4.78, 5) is 7.07. The number of alkyl halides is 2. The van der Waals surface area contributed by atoms with Gasteiger partial charge in [0, 0.05) is 7.05 Å². The third-order valence-electron chi connectivity index (χ3n) is 1.59. The second-order valence-corrected chi connectivity index (χ2v) is 4.50. The van der Waals surface area contributed by atoms with Gasteiger partial charge in [-0.2, -0.15) is 0 Å². The second kappa shape index (κ2) is 5.12. The van der Waals surface area contributed by atoms with E-state index in [4.69, 9.17) is 0 Å². The van der Waals surface area contributed by atoms with Gasteiger partial charge in [0.2, 0.25) is 16.0 Å². The van der Waals surface area contributed by atoms with Crippen LogP contribution in [0, 0.1) is 0 Å². The van der Waals surface area contributed by atoms with E-state index < -0.39 is 23.0 Å². The normalized spacial score (nSPS) is 11.8. The molecule has 0 atom stereocenters. The van der Waals surface area contributed by atoms with Crippen LogP contribution >= 0.6 is 0 Å². The highest BCUT2D eigenvalue weighted by molar-refractivity contribution is 7.89. The smallest absolute Gasteiger partial charge is 0.251 e. The number of halogens is 2. The van der Waals surface area contributed by atoms with Crippen molar-refractivity contribution >= 4 is 16.0 Å². The summed E-state index contributed by atoms with van der Waals surface area (Å²) in [5, 5.41) is 2.60. The predicted octanol–water partition coefficient (Wildman–Crippen LogP) is 0.0617. The summed E-state index contributed by atoms with van der Waals surface area (Å²) in [6.45, 7) is -0.934. The number of aromatic nitrogens is 2. The number of nitrogens with one attached hydrogen (secondary N) is 2. The fraction of sp³-hybridized carbons (Fsp3) is 0.429. The maximum Gasteiger partial charge on any atom is 0.251 e. The van der Waals surface area contributed by atoms with E-state index >= 15 is 0 Å². The van der Waals surface area contributed by atoms with Crippen molar-refractivity contribution in [1.29, 1.82) is 0 Å². The average Bonchev–Trinajstić information content (AvgIpc) is 2.27. The van der Waals surface area contributed by atoms with Crippen LogP contribution in [0.25, 0.3) is 0 Å². The Balaban J connectivity index is 2.82. The van der Waals surface area contributed by atoms with Crippen molar-refractivity contribution in [3.63, 3.8) is 0 Å². The Morgan fingerprint density at radius 1 is 1.38 bits per heavy atom. The first-order chi connectivity index (χ1) is 7.45. The molecular weight excluding hydrogens is 242 g/mol. The van der Waals surface area contributed by atoms with Crippen molar-refractivity contribution in [2.24, 2.45) is 0 Å². The van der Waals surface area contributed by atoms with Crippen LogP contribution in [0.5, 0.6) is 0 Å². The van der Waals surface area contributed by atoms with E-state index in [1.165, 1.54) is 0 Å². The van der Waals surface area contributed by atoms with Crippen LogP contribution in [0.1, 0.15) is 0 Å². The van der Waals surface area contributed by atoms with Crippen LogP contribution in [0.3, 0.4) is 0 Å². The molecule has 0 unspecified atom stereocenters. The molecule has 1 rings (SSSR count). The fourth-order valence-electron chi connectivity index (χ4n) is 0.840. The molecule has 90 valence electrons. The zero-order valence-electron chi connectivity index (χ0n) is 8.31. The highest BCUT2D eigenvalue weighted by Gasteiger charge is 2.16. The maximum atomic E-state index is 11.8. The molecule has 1 aromatic heterocycles. The molecule has 0 aliphatic heterocycles. The topological polar surface area (TPSA) is 84.0 Å². The molecule has 1 heterocycles. The monoisotopic (exact) mass is 252 g/mol. The maximum absolute atomic E-state index is 11.8. The lowest BCUT2D eigenvalue weighted by Gasteiger charge is -2.05. The van der Waals surface area contributed by atoms with Crippen molar-refractivity contribution in [1.82, 2.24) is 14.7 Å². The first-order valence-electron chi connectivity index (χ1n) is 4.23. The van der Waals surface area contributed by atoms with Crippen LogP contribution < -0.4 is 10.0 Å². The van der Waals surface area contributed by atoms with Crippen molar-refractivity contribution < 1.29 is 17.2 Å². The van der Waals surface area contributed by atoms with E-state index in [1.807, 2.05) is 0 Å². The van der Waals surface area contributed by atoms with Gasteiger partial charge in [0.25, 0.3) is 6.43 Å². The van der Waals surface area contributed by atoms with E-state index in [-0.39, 0.29) is 10.8 Å². The van der Waals surface area contributed by atoms with Crippen molar-refractivity contribution in [3.8, 4) is 0 Å². The van der Waals surface area contributed by atoms with E-state index in [1.54, 1.807) is 11.8 Å². The van der Waals surface area contributed by atoms with Crippen LogP contribution in [0.15, 0.2) is 17.3 Å². The molecular formula is C7H10F2N4O2S. The van der Waals surface area contributed by atoms with Gasteiger partial charge in [0.15, 0.2) is 0 Å². The average molecular weight is 252 g/mol. The molecule has 0 aliphatic rings. The second-order valence-electron chi connectivity index (χ2n) is 2.74. The van der Waals surface area contributed by atoms with Crippen molar-refractivity contribution in [3.05, 3.63) is 12.4 Å². The van der Waals surface area contributed by atoms with Gasteiger partial charge in [0.05, 0.1) is 18.9 Å². The minimum absolute atomic E-state index is 0.243. The fourth-order valence-corrected chi connectivity index (χ4v) is 1.74. The molecule has 0 amide bonds. The van der Waals surface area contributed by atoms with Gasteiger partial charge in [-0.15, -0.1) is 0 Å². The van der Waals surface area contributed by atoms with Crippen LogP contribution in [-0.2, 0) is 10.0 Å². The Labute approximate surface area is 91.2 Å². The molecule has 2 N–H and O–H groups in total. The Bertz CT molecular complexity index is 434. The highest BCUT2D eigenvalue weighted by Crippen LogP contribution is 2.07. The van der Waals surface area contributed by atoms with Crippen LogP contribution in [0.2, 0.25) is 0 Å². The van der Waals surface area contributed by atoms with Gasteiger partial charge in [-0.05, 0) is 0 Å².